The molecule has 0 aliphatic carbocycles. The Hall–Kier alpha value is -2.07. The lowest BCUT2D eigenvalue weighted by Crippen LogP contribution is -2.47. The lowest BCUT2D eigenvalue weighted by Gasteiger charge is -2.30. The first kappa shape index (κ1) is 23.6. The highest BCUT2D eigenvalue weighted by Gasteiger charge is 2.32. The molecule has 3 rings (SSSR count). The number of fused-ring (bicyclic) bond motifs is 1. The molecule has 0 spiro atoms. The second kappa shape index (κ2) is 9.20. The molecule has 0 saturated carbocycles. The molecule has 0 saturated heterocycles. The number of rotatable bonds is 7. The van der Waals surface area contributed by atoms with Crippen LogP contribution >= 0.6 is 34.5 Å². The predicted molar refractivity (Wildman–Crippen MR) is 128 cm³/mol. The van der Waals surface area contributed by atoms with Gasteiger partial charge in [-0.05, 0) is 49.7 Å². The van der Waals surface area contributed by atoms with Crippen molar-refractivity contribution in [2.24, 2.45) is 0 Å². The molecule has 31 heavy (non-hydrogen) atoms. The Bertz CT molecular complexity index is 1280. The van der Waals surface area contributed by atoms with Crippen LogP contribution in [0.25, 0.3) is 10.2 Å². The van der Waals surface area contributed by atoms with E-state index in [1.165, 1.54) is 18.2 Å². The van der Waals surface area contributed by atoms with Crippen molar-refractivity contribution >= 4 is 72.1 Å². The fraction of sp³-hybridized carbons (Fsp3) is 0.300. The highest BCUT2D eigenvalue weighted by atomic mass is 35.5. The first-order chi connectivity index (χ1) is 14.5. The van der Waals surface area contributed by atoms with Crippen molar-refractivity contribution in [1.82, 2.24) is 4.57 Å². The molecule has 0 aliphatic heterocycles. The molecule has 1 aromatic heterocycles. The Labute approximate surface area is 194 Å². The van der Waals surface area contributed by atoms with Crippen LogP contribution in [0.5, 0.6) is 0 Å². The monoisotopic (exact) mass is 501 g/mol. The van der Waals surface area contributed by atoms with E-state index in [1.54, 1.807) is 29.7 Å². The van der Waals surface area contributed by atoms with E-state index >= 15 is 0 Å². The van der Waals surface area contributed by atoms with Crippen LogP contribution < -0.4 is 14.5 Å². The Balaban J connectivity index is 1.97. The molecular formula is C20H21Cl2N3O4S2. The first-order valence-corrected chi connectivity index (χ1v) is 12.9. The van der Waals surface area contributed by atoms with Gasteiger partial charge in [-0.3, -0.25) is 18.5 Å². The summed E-state index contributed by atoms with van der Waals surface area (Å²) in [4.78, 5) is 25.1. The molecule has 7 nitrogen and oxygen atoms in total. The molecule has 1 unspecified atom stereocenters. The molecule has 2 aromatic carbocycles. The van der Waals surface area contributed by atoms with Crippen LogP contribution in [0.4, 0.5) is 11.4 Å². The number of carbonyl (C=O) groups is 1. The van der Waals surface area contributed by atoms with Crippen LogP contribution in [0.2, 0.25) is 10.0 Å². The van der Waals surface area contributed by atoms with E-state index in [2.05, 4.69) is 5.32 Å². The molecule has 166 valence electrons. The largest absolute Gasteiger partial charge is 0.324 e. The van der Waals surface area contributed by atoms with Crippen molar-refractivity contribution in [3.05, 3.63) is 56.1 Å². The van der Waals surface area contributed by atoms with Crippen LogP contribution in [-0.4, -0.2) is 31.2 Å². The number of anilines is 2. The minimum absolute atomic E-state index is 0.0755. The van der Waals surface area contributed by atoms with Crippen molar-refractivity contribution in [3.63, 3.8) is 0 Å². The Morgan fingerprint density at radius 3 is 2.35 bits per heavy atom. The number of nitrogens with one attached hydrogen (secondary N) is 1. The zero-order valence-corrected chi connectivity index (χ0v) is 20.2. The van der Waals surface area contributed by atoms with Crippen molar-refractivity contribution < 1.29 is 13.2 Å². The summed E-state index contributed by atoms with van der Waals surface area (Å²) >= 11 is 13.2. The van der Waals surface area contributed by atoms with E-state index in [0.717, 1.165) is 32.1 Å². The van der Waals surface area contributed by atoms with Crippen LogP contribution in [0.3, 0.4) is 0 Å². The smallest absolute Gasteiger partial charge is 0.308 e. The van der Waals surface area contributed by atoms with Gasteiger partial charge >= 0.3 is 4.87 Å². The standard InChI is InChI=1S/C20H21Cl2N3O4S2/c1-4-16(25(31(3,28)29)15-9-12(21)8-13(22)10-15)19(26)23-14-6-7-17-18(11-14)30-20(27)24(17)5-2/h6-11,16H,4-5H2,1-3H3,(H,23,26). The number of hydrogen-bond donors (Lipinski definition) is 1. The third-order valence-corrected chi connectivity index (χ3v) is 7.24. The number of sulfonamides is 1. The minimum Gasteiger partial charge on any atom is -0.324 e. The van der Waals surface area contributed by atoms with Gasteiger partial charge in [0.25, 0.3) is 0 Å². The topological polar surface area (TPSA) is 88.5 Å². The summed E-state index contributed by atoms with van der Waals surface area (Å²) in [6, 6.07) is 8.50. The number of thiazole rings is 1. The Morgan fingerprint density at radius 1 is 1.16 bits per heavy atom. The zero-order chi connectivity index (χ0) is 22.9. The summed E-state index contributed by atoms with van der Waals surface area (Å²) in [5.74, 6) is -0.509. The number of aromatic nitrogens is 1. The molecule has 1 heterocycles. The lowest BCUT2D eigenvalue weighted by molar-refractivity contribution is -0.117. The Morgan fingerprint density at radius 2 is 1.81 bits per heavy atom. The van der Waals surface area contributed by atoms with Gasteiger partial charge in [0.05, 0.1) is 22.2 Å². The summed E-state index contributed by atoms with van der Waals surface area (Å²) < 4.78 is 28.6. The maximum atomic E-state index is 13.1. The molecule has 11 heteroatoms. The van der Waals surface area contributed by atoms with Gasteiger partial charge in [0, 0.05) is 22.3 Å². The molecular weight excluding hydrogens is 481 g/mol. The average Bonchev–Trinajstić information content (AvgIpc) is 2.97. The third kappa shape index (κ3) is 5.06. The van der Waals surface area contributed by atoms with Gasteiger partial charge in [0.2, 0.25) is 15.9 Å². The van der Waals surface area contributed by atoms with Crippen molar-refractivity contribution in [3.8, 4) is 0 Å². The molecule has 0 bridgehead atoms. The third-order valence-electron chi connectivity index (χ3n) is 4.68. The number of carbonyl (C=O) groups excluding carboxylic acids is 1. The minimum atomic E-state index is -3.83. The van der Waals surface area contributed by atoms with Crippen molar-refractivity contribution in [1.29, 1.82) is 0 Å². The summed E-state index contributed by atoms with van der Waals surface area (Å²) in [5.41, 5.74) is 1.46. The van der Waals surface area contributed by atoms with Gasteiger partial charge in [0.1, 0.15) is 6.04 Å². The second-order valence-electron chi connectivity index (χ2n) is 6.89. The van der Waals surface area contributed by atoms with E-state index in [1.807, 2.05) is 6.92 Å². The van der Waals surface area contributed by atoms with Crippen molar-refractivity contribution in [2.45, 2.75) is 32.9 Å². The summed E-state index contributed by atoms with van der Waals surface area (Å²) in [6.07, 6.45) is 1.24. The van der Waals surface area contributed by atoms with E-state index < -0.39 is 22.0 Å². The summed E-state index contributed by atoms with van der Waals surface area (Å²) in [6.45, 7) is 4.15. The van der Waals surface area contributed by atoms with Crippen LogP contribution in [0.1, 0.15) is 20.3 Å². The molecule has 1 amide bonds. The summed E-state index contributed by atoms with van der Waals surface area (Å²) in [5, 5.41) is 3.28. The van der Waals surface area contributed by atoms with Gasteiger partial charge in [-0.2, -0.15) is 0 Å². The fourth-order valence-corrected chi connectivity index (χ4v) is 6.10. The predicted octanol–water partition coefficient (Wildman–Crippen LogP) is 4.57. The van der Waals surface area contributed by atoms with Crippen LogP contribution in [0, 0.1) is 0 Å². The van der Waals surface area contributed by atoms with Crippen LogP contribution in [-0.2, 0) is 21.4 Å². The molecule has 1 atom stereocenters. The molecule has 0 fully saturated rings. The maximum absolute atomic E-state index is 13.1. The quantitative estimate of drug-likeness (QED) is 0.513. The number of nitrogens with zero attached hydrogens (tertiary/aromatic N) is 2. The van der Waals surface area contributed by atoms with Crippen LogP contribution in [0.15, 0.2) is 41.2 Å². The highest BCUT2D eigenvalue weighted by Crippen LogP contribution is 2.30. The number of aryl methyl sites for hydroxylation is 1. The fourth-order valence-electron chi connectivity index (χ4n) is 3.40. The SMILES string of the molecule is CCC(C(=O)Nc1ccc2c(c1)sc(=O)n2CC)N(c1cc(Cl)cc(Cl)c1)S(C)(=O)=O. The van der Waals surface area contributed by atoms with E-state index in [9.17, 15) is 18.0 Å². The first-order valence-electron chi connectivity index (χ1n) is 9.45. The molecule has 0 radical (unpaired) electrons. The number of benzene rings is 2. The van der Waals surface area contributed by atoms with Gasteiger partial charge in [-0.25, -0.2) is 8.42 Å². The molecule has 0 aliphatic rings. The van der Waals surface area contributed by atoms with E-state index in [0.29, 0.717) is 12.2 Å². The highest BCUT2D eigenvalue weighted by molar-refractivity contribution is 7.92. The van der Waals surface area contributed by atoms with E-state index in [4.69, 9.17) is 23.2 Å². The van der Waals surface area contributed by atoms with Gasteiger partial charge in [-0.15, -0.1) is 0 Å². The number of hydrogen-bond acceptors (Lipinski definition) is 5. The normalized spacial score (nSPS) is 12.7. The number of halogens is 2. The number of amides is 1. The summed E-state index contributed by atoms with van der Waals surface area (Å²) in [7, 11) is -3.83. The van der Waals surface area contributed by atoms with Gasteiger partial charge in [-0.1, -0.05) is 41.5 Å². The second-order valence-corrected chi connectivity index (χ2v) is 10.6. The van der Waals surface area contributed by atoms with Crippen molar-refractivity contribution in [2.75, 3.05) is 15.9 Å². The van der Waals surface area contributed by atoms with E-state index in [-0.39, 0.29) is 27.0 Å². The molecule has 3 aromatic rings. The zero-order valence-electron chi connectivity index (χ0n) is 17.1. The van der Waals surface area contributed by atoms with Gasteiger partial charge < -0.3 is 5.32 Å². The average molecular weight is 502 g/mol. The maximum Gasteiger partial charge on any atom is 0.308 e. The Kier molecular flexibility index (Phi) is 7.00. The lowest BCUT2D eigenvalue weighted by atomic mass is 10.1. The molecule has 1 N–H and O–H groups in total. The van der Waals surface area contributed by atoms with Gasteiger partial charge in [0.15, 0.2) is 0 Å².